The van der Waals surface area contributed by atoms with Crippen molar-refractivity contribution in [2.24, 2.45) is 13.0 Å². The molecule has 0 aromatic carbocycles. The summed E-state index contributed by atoms with van der Waals surface area (Å²) in [6.07, 6.45) is 5.73. The van der Waals surface area contributed by atoms with Crippen molar-refractivity contribution in [1.82, 2.24) is 19.2 Å². The molecule has 1 N–H and O–H groups in total. The van der Waals surface area contributed by atoms with E-state index in [0.717, 1.165) is 5.82 Å². The number of hydrogen-bond acceptors (Lipinski definition) is 3. The minimum atomic E-state index is -0.313. The van der Waals surface area contributed by atoms with Gasteiger partial charge in [-0.2, -0.15) is 5.10 Å². The van der Waals surface area contributed by atoms with Crippen molar-refractivity contribution in [2.45, 2.75) is 19.4 Å². The van der Waals surface area contributed by atoms with Crippen molar-refractivity contribution in [1.29, 1.82) is 0 Å². The van der Waals surface area contributed by atoms with Crippen LogP contribution in [0.2, 0.25) is 0 Å². The fourth-order valence-corrected chi connectivity index (χ4v) is 2.85. The van der Waals surface area contributed by atoms with Crippen LogP contribution in [-0.2, 0) is 7.05 Å². The van der Waals surface area contributed by atoms with Crippen LogP contribution in [0.25, 0.3) is 5.82 Å². The first-order valence-electron chi connectivity index (χ1n) is 7.20. The number of aliphatic hydroxyl groups is 1. The predicted octanol–water partition coefficient (Wildman–Crippen LogP) is 1.05. The van der Waals surface area contributed by atoms with Crippen molar-refractivity contribution < 1.29 is 9.90 Å². The van der Waals surface area contributed by atoms with Gasteiger partial charge in [-0.25, -0.2) is 0 Å². The molecule has 3 heterocycles. The van der Waals surface area contributed by atoms with Gasteiger partial charge in [0.15, 0.2) is 0 Å². The third-order valence-corrected chi connectivity index (χ3v) is 4.13. The zero-order valence-corrected chi connectivity index (χ0v) is 12.3. The molecule has 1 aliphatic heterocycles. The molecule has 2 aromatic rings. The van der Waals surface area contributed by atoms with Gasteiger partial charge in [0.25, 0.3) is 5.91 Å². The number of likely N-dealkylation sites (tertiary alicyclic amines) is 1. The molecule has 0 spiro atoms. The van der Waals surface area contributed by atoms with Crippen LogP contribution in [0.15, 0.2) is 30.7 Å². The van der Waals surface area contributed by atoms with Crippen molar-refractivity contribution in [3.05, 3.63) is 36.3 Å². The summed E-state index contributed by atoms with van der Waals surface area (Å²) >= 11 is 0. The molecule has 1 fully saturated rings. The van der Waals surface area contributed by atoms with Gasteiger partial charge in [-0.15, -0.1) is 0 Å². The van der Waals surface area contributed by atoms with Gasteiger partial charge in [0.2, 0.25) is 0 Å². The Morgan fingerprint density at radius 3 is 2.76 bits per heavy atom. The van der Waals surface area contributed by atoms with E-state index in [4.69, 9.17) is 0 Å². The minimum Gasteiger partial charge on any atom is -0.393 e. The Balaban J connectivity index is 1.89. The highest BCUT2D eigenvalue weighted by Crippen LogP contribution is 2.21. The quantitative estimate of drug-likeness (QED) is 0.898. The van der Waals surface area contributed by atoms with Gasteiger partial charge in [0.05, 0.1) is 12.3 Å². The van der Waals surface area contributed by atoms with Gasteiger partial charge in [-0.1, -0.05) is 6.92 Å². The van der Waals surface area contributed by atoms with Gasteiger partial charge in [0, 0.05) is 32.5 Å². The molecule has 2 atom stereocenters. The van der Waals surface area contributed by atoms with E-state index < -0.39 is 0 Å². The Bertz CT molecular complexity index is 632. The molecule has 0 aliphatic carbocycles. The highest BCUT2D eigenvalue weighted by molar-refractivity contribution is 5.97. The maximum absolute atomic E-state index is 12.8. The fraction of sp³-hybridized carbons (Fsp3) is 0.467. The maximum Gasteiger partial charge on any atom is 0.259 e. The van der Waals surface area contributed by atoms with Crippen LogP contribution >= 0.6 is 0 Å². The molecule has 0 bridgehead atoms. The molecule has 6 nitrogen and oxygen atoms in total. The molecule has 1 saturated heterocycles. The van der Waals surface area contributed by atoms with Crippen LogP contribution in [0.1, 0.15) is 23.7 Å². The van der Waals surface area contributed by atoms with Crippen LogP contribution < -0.4 is 0 Å². The molecule has 1 amide bonds. The fourth-order valence-electron chi connectivity index (χ4n) is 2.85. The predicted molar refractivity (Wildman–Crippen MR) is 78.2 cm³/mol. The lowest BCUT2D eigenvalue weighted by molar-refractivity contribution is 0.0297. The van der Waals surface area contributed by atoms with Crippen molar-refractivity contribution in [3.8, 4) is 5.82 Å². The molecule has 2 aromatic heterocycles. The van der Waals surface area contributed by atoms with E-state index in [1.54, 1.807) is 15.8 Å². The second kappa shape index (κ2) is 5.37. The first-order valence-corrected chi connectivity index (χ1v) is 7.20. The lowest BCUT2D eigenvalue weighted by Gasteiger charge is -2.34. The van der Waals surface area contributed by atoms with E-state index in [2.05, 4.69) is 5.10 Å². The van der Waals surface area contributed by atoms with Gasteiger partial charge in [-0.05, 0) is 24.5 Å². The van der Waals surface area contributed by atoms with E-state index in [1.165, 1.54) is 0 Å². The smallest absolute Gasteiger partial charge is 0.259 e. The summed E-state index contributed by atoms with van der Waals surface area (Å²) in [6.45, 7) is 3.14. The van der Waals surface area contributed by atoms with Crippen LogP contribution in [0.3, 0.4) is 0 Å². The molecule has 2 unspecified atom stereocenters. The molecular weight excluding hydrogens is 268 g/mol. The number of piperidine rings is 1. The third kappa shape index (κ3) is 2.47. The number of aliphatic hydroxyl groups excluding tert-OH is 1. The van der Waals surface area contributed by atoms with E-state index in [9.17, 15) is 9.90 Å². The number of hydrogen-bond donors (Lipinski definition) is 1. The average molecular weight is 288 g/mol. The molecule has 6 heteroatoms. The van der Waals surface area contributed by atoms with E-state index in [0.29, 0.717) is 25.1 Å². The van der Waals surface area contributed by atoms with E-state index >= 15 is 0 Å². The standard InChI is InChI=1S/C15H20N4O2/c1-11-10-19(8-5-13(11)20)15(21)12-9-16-17(2)14(12)18-6-3-4-7-18/h3-4,6-7,9,11,13,20H,5,8,10H2,1-2H3. The summed E-state index contributed by atoms with van der Waals surface area (Å²) in [5, 5.41) is 14.0. The number of amides is 1. The lowest BCUT2D eigenvalue weighted by Crippen LogP contribution is -2.45. The summed E-state index contributed by atoms with van der Waals surface area (Å²) in [6, 6.07) is 3.83. The first-order chi connectivity index (χ1) is 10.1. The molecule has 0 radical (unpaired) electrons. The number of aromatic nitrogens is 3. The number of carbonyl (C=O) groups excluding carboxylic acids is 1. The highest BCUT2D eigenvalue weighted by Gasteiger charge is 2.30. The molecule has 3 rings (SSSR count). The average Bonchev–Trinajstić information content (AvgIpc) is 3.10. The van der Waals surface area contributed by atoms with Gasteiger partial charge in [0.1, 0.15) is 11.4 Å². The van der Waals surface area contributed by atoms with Crippen molar-refractivity contribution >= 4 is 5.91 Å². The molecule has 21 heavy (non-hydrogen) atoms. The molecule has 1 aliphatic rings. The van der Waals surface area contributed by atoms with Crippen LogP contribution in [-0.4, -0.2) is 49.5 Å². The number of nitrogens with zero attached hydrogens (tertiary/aromatic N) is 4. The summed E-state index contributed by atoms with van der Waals surface area (Å²) in [5.74, 6) is 0.851. The van der Waals surface area contributed by atoms with E-state index in [-0.39, 0.29) is 17.9 Å². The van der Waals surface area contributed by atoms with Crippen LogP contribution in [0.5, 0.6) is 0 Å². The Morgan fingerprint density at radius 2 is 2.10 bits per heavy atom. The summed E-state index contributed by atoms with van der Waals surface area (Å²) in [5.41, 5.74) is 0.595. The topological polar surface area (TPSA) is 63.3 Å². The normalized spacial score (nSPS) is 22.5. The summed E-state index contributed by atoms with van der Waals surface area (Å²) < 4.78 is 3.60. The number of aryl methyl sites for hydroxylation is 1. The second-order valence-electron chi connectivity index (χ2n) is 5.68. The first kappa shape index (κ1) is 13.9. The lowest BCUT2D eigenvalue weighted by atomic mass is 9.96. The highest BCUT2D eigenvalue weighted by atomic mass is 16.3. The van der Waals surface area contributed by atoms with Crippen molar-refractivity contribution in [3.63, 3.8) is 0 Å². The van der Waals surface area contributed by atoms with Crippen LogP contribution in [0, 0.1) is 5.92 Å². The van der Waals surface area contributed by atoms with Gasteiger partial charge in [-0.3, -0.25) is 9.48 Å². The largest absolute Gasteiger partial charge is 0.393 e. The Hall–Kier alpha value is -2.08. The van der Waals surface area contributed by atoms with Gasteiger partial charge >= 0.3 is 0 Å². The molecular formula is C15H20N4O2. The van der Waals surface area contributed by atoms with E-state index in [1.807, 2.05) is 43.1 Å². The summed E-state index contributed by atoms with van der Waals surface area (Å²) in [4.78, 5) is 14.6. The monoisotopic (exact) mass is 288 g/mol. The zero-order valence-electron chi connectivity index (χ0n) is 12.3. The molecule has 0 saturated carbocycles. The molecule has 112 valence electrons. The van der Waals surface area contributed by atoms with Crippen molar-refractivity contribution in [2.75, 3.05) is 13.1 Å². The Labute approximate surface area is 123 Å². The SMILES string of the molecule is CC1CN(C(=O)c2cnn(C)c2-n2cccc2)CCC1O. The second-order valence-corrected chi connectivity index (χ2v) is 5.68. The Kier molecular flexibility index (Phi) is 3.55. The number of carbonyl (C=O) groups is 1. The zero-order chi connectivity index (χ0) is 15.0. The third-order valence-electron chi connectivity index (χ3n) is 4.13. The summed E-state index contributed by atoms with van der Waals surface area (Å²) in [7, 11) is 1.83. The number of rotatable bonds is 2. The van der Waals surface area contributed by atoms with Crippen LogP contribution in [0.4, 0.5) is 0 Å². The Morgan fingerprint density at radius 1 is 1.38 bits per heavy atom. The minimum absolute atomic E-state index is 0.0226. The van der Waals surface area contributed by atoms with Gasteiger partial charge < -0.3 is 14.6 Å². The maximum atomic E-state index is 12.8.